The summed E-state index contributed by atoms with van der Waals surface area (Å²) >= 11 is 9.17. The zero-order valence-corrected chi connectivity index (χ0v) is 13.9. The van der Waals surface area contributed by atoms with Crippen molar-refractivity contribution in [1.29, 1.82) is 5.26 Å². The normalized spacial score (nSPS) is 10.3. The maximum atomic E-state index is 12.5. The lowest BCUT2D eigenvalue weighted by molar-refractivity contribution is 0.104. The number of rotatable bonds is 6. The summed E-state index contributed by atoms with van der Waals surface area (Å²) in [5.74, 6) is 0.811. The van der Waals surface area contributed by atoms with E-state index < -0.39 is 0 Å². The highest BCUT2D eigenvalue weighted by atomic mass is 35.5. The third kappa shape index (κ3) is 3.68. The Morgan fingerprint density at radius 3 is 2.71 bits per heavy atom. The van der Waals surface area contributed by atoms with Gasteiger partial charge in [0, 0.05) is 5.56 Å². The first kappa shape index (κ1) is 16.1. The van der Waals surface area contributed by atoms with E-state index in [9.17, 15) is 10.1 Å². The molecule has 0 bridgehead atoms. The number of carbonyl (C=O) groups excluding carboxylic acids is 1. The van der Waals surface area contributed by atoms with Crippen molar-refractivity contribution >= 4 is 40.5 Å². The first-order chi connectivity index (χ1) is 10.2. The summed E-state index contributed by atoms with van der Waals surface area (Å²) in [7, 11) is 0. The van der Waals surface area contributed by atoms with Gasteiger partial charge in [-0.25, -0.2) is 0 Å². The Morgan fingerprint density at radius 2 is 2.10 bits per heavy atom. The number of ketones is 1. The van der Waals surface area contributed by atoms with Crippen LogP contribution in [0.1, 0.15) is 40.6 Å². The molecule has 0 aliphatic rings. The van der Waals surface area contributed by atoms with E-state index in [-0.39, 0.29) is 10.8 Å². The standard InChI is InChI=1S/C16H14ClNOS2/c1-2-3-9-20-16-12(10-18)13(17)15(21-16)14(19)11-7-5-4-6-8-11/h4-8H,2-3,9H2,1H3. The lowest BCUT2D eigenvalue weighted by Gasteiger charge is -1.98. The molecule has 0 fully saturated rings. The predicted octanol–water partition coefficient (Wildman–Crippen LogP) is 5.40. The summed E-state index contributed by atoms with van der Waals surface area (Å²) in [6.07, 6.45) is 2.18. The van der Waals surface area contributed by atoms with Crippen molar-refractivity contribution in [3.8, 4) is 6.07 Å². The molecular weight excluding hydrogens is 322 g/mol. The van der Waals surface area contributed by atoms with Crippen LogP contribution in [0.3, 0.4) is 0 Å². The number of unbranched alkanes of at least 4 members (excludes halogenated alkanes) is 1. The number of hydrogen-bond donors (Lipinski definition) is 0. The van der Waals surface area contributed by atoms with Crippen LogP contribution in [0.25, 0.3) is 0 Å². The zero-order valence-electron chi connectivity index (χ0n) is 11.6. The SMILES string of the molecule is CCCCSc1sc(C(=O)c2ccccc2)c(Cl)c1C#N. The Labute approximate surface area is 137 Å². The topological polar surface area (TPSA) is 40.9 Å². The van der Waals surface area contributed by atoms with Gasteiger partial charge in [0.25, 0.3) is 0 Å². The second-order valence-corrected chi connectivity index (χ2v) is 7.18. The highest BCUT2D eigenvalue weighted by molar-refractivity contribution is 8.01. The molecule has 0 N–H and O–H groups in total. The molecular formula is C16H14ClNOS2. The fraction of sp³-hybridized carbons (Fsp3) is 0.250. The van der Waals surface area contributed by atoms with E-state index in [1.165, 1.54) is 11.3 Å². The van der Waals surface area contributed by atoms with Crippen molar-refractivity contribution < 1.29 is 4.79 Å². The average molecular weight is 336 g/mol. The first-order valence-corrected chi connectivity index (χ1v) is 8.82. The van der Waals surface area contributed by atoms with Gasteiger partial charge in [-0.15, -0.1) is 23.1 Å². The lowest BCUT2D eigenvalue weighted by Crippen LogP contribution is -1.98. The van der Waals surface area contributed by atoms with Crippen molar-refractivity contribution in [2.24, 2.45) is 0 Å². The van der Waals surface area contributed by atoms with E-state index >= 15 is 0 Å². The van der Waals surface area contributed by atoms with E-state index in [1.807, 2.05) is 18.2 Å². The maximum Gasteiger partial charge on any atom is 0.204 e. The second kappa shape index (κ2) is 7.65. The lowest BCUT2D eigenvalue weighted by atomic mass is 10.1. The van der Waals surface area contributed by atoms with Gasteiger partial charge < -0.3 is 0 Å². The number of nitrogens with zero attached hydrogens (tertiary/aromatic N) is 1. The highest BCUT2D eigenvalue weighted by Crippen LogP contribution is 2.40. The molecule has 5 heteroatoms. The smallest absolute Gasteiger partial charge is 0.204 e. The predicted molar refractivity (Wildman–Crippen MR) is 89.6 cm³/mol. The molecule has 0 saturated heterocycles. The monoisotopic (exact) mass is 335 g/mol. The summed E-state index contributed by atoms with van der Waals surface area (Å²) in [4.78, 5) is 12.9. The van der Waals surface area contributed by atoms with Crippen LogP contribution in [0.15, 0.2) is 34.5 Å². The Balaban J connectivity index is 2.33. The molecule has 0 aliphatic heterocycles. The van der Waals surface area contributed by atoms with E-state index in [4.69, 9.17) is 11.6 Å². The molecule has 0 spiro atoms. The maximum absolute atomic E-state index is 12.5. The van der Waals surface area contributed by atoms with Crippen LogP contribution in [-0.4, -0.2) is 11.5 Å². The third-order valence-corrected chi connectivity index (χ3v) is 5.94. The van der Waals surface area contributed by atoms with Crippen molar-refractivity contribution in [3.63, 3.8) is 0 Å². The number of thiophene rings is 1. The molecule has 1 aromatic heterocycles. The van der Waals surface area contributed by atoms with Crippen molar-refractivity contribution in [2.45, 2.75) is 24.0 Å². The summed E-state index contributed by atoms with van der Waals surface area (Å²) in [5.41, 5.74) is 1.03. The van der Waals surface area contributed by atoms with Gasteiger partial charge in [-0.2, -0.15) is 5.26 Å². The molecule has 1 heterocycles. The van der Waals surface area contributed by atoms with Gasteiger partial charge in [-0.1, -0.05) is 55.3 Å². The molecule has 0 unspecified atom stereocenters. The first-order valence-electron chi connectivity index (χ1n) is 6.64. The zero-order chi connectivity index (χ0) is 15.2. The van der Waals surface area contributed by atoms with Crippen LogP contribution < -0.4 is 0 Å². The van der Waals surface area contributed by atoms with Crippen molar-refractivity contribution in [1.82, 2.24) is 0 Å². The fourth-order valence-electron chi connectivity index (χ4n) is 1.76. The quantitative estimate of drug-likeness (QED) is 0.403. The number of halogens is 1. The van der Waals surface area contributed by atoms with Crippen LogP contribution in [0.2, 0.25) is 5.02 Å². The van der Waals surface area contributed by atoms with E-state index in [2.05, 4.69) is 13.0 Å². The molecule has 1 aromatic carbocycles. The number of benzene rings is 1. The molecule has 21 heavy (non-hydrogen) atoms. The van der Waals surface area contributed by atoms with E-state index in [0.29, 0.717) is 16.0 Å². The molecule has 0 aliphatic carbocycles. The number of hydrogen-bond acceptors (Lipinski definition) is 4. The molecule has 0 saturated carbocycles. The Morgan fingerprint density at radius 1 is 1.38 bits per heavy atom. The summed E-state index contributed by atoms with van der Waals surface area (Å²) < 4.78 is 0.843. The molecule has 2 nitrogen and oxygen atoms in total. The molecule has 0 atom stereocenters. The van der Waals surface area contributed by atoms with Crippen molar-refractivity contribution in [3.05, 3.63) is 51.4 Å². The summed E-state index contributed by atoms with van der Waals surface area (Å²) in [5, 5.41) is 9.56. The minimum Gasteiger partial charge on any atom is -0.288 e. The average Bonchev–Trinajstić information content (AvgIpc) is 2.83. The Hall–Kier alpha value is -1.28. The number of carbonyl (C=O) groups is 1. The fourth-order valence-corrected chi connectivity index (χ4v) is 4.70. The molecule has 0 radical (unpaired) electrons. The van der Waals surface area contributed by atoms with Crippen LogP contribution in [-0.2, 0) is 0 Å². The largest absolute Gasteiger partial charge is 0.288 e. The minimum absolute atomic E-state index is 0.121. The Kier molecular flexibility index (Phi) is 5.86. The number of nitriles is 1. The molecule has 2 rings (SSSR count). The third-order valence-electron chi connectivity index (χ3n) is 2.90. The molecule has 0 amide bonds. The van der Waals surface area contributed by atoms with Crippen LogP contribution >= 0.6 is 34.7 Å². The summed E-state index contributed by atoms with van der Waals surface area (Å²) in [6, 6.07) is 11.1. The molecule has 2 aromatic rings. The van der Waals surface area contributed by atoms with Gasteiger partial charge in [-0.05, 0) is 12.2 Å². The van der Waals surface area contributed by atoms with E-state index in [1.54, 1.807) is 23.9 Å². The minimum atomic E-state index is -0.121. The highest BCUT2D eigenvalue weighted by Gasteiger charge is 2.22. The second-order valence-electron chi connectivity index (χ2n) is 4.42. The van der Waals surface area contributed by atoms with Crippen LogP contribution in [0.5, 0.6) is 0 Å². The molecule has 108 valence electrons. The van der Waals surface area contributed by atoms with Gasteiger partial charge >= 0.3 is 0 Å². The van der Waals surface area contributed by atoms with Gasteiger partial charge in [0.1, 0.15) is 6.07 Å². The van der Waals surface area contributed by atoms with Gasteiger partial charge in [0.2, 0.25) is 5.78 Å². The Bertz CT molecular complexity index is 674. The summed E-state index contributed by atoms with van der Waals surface area (Å²) in [6.45, 7) is 2.12. The van der Waals surface area contributed by atoms with Crippen LogP contribution in [0, 0.1) is 11.3 Å². The number of thioether (sulfide) groups is 1. The van der Waals surface area contributed by atoms with E-state index in [0.717, 1.165) is 22.8 Å². The van der Waals surface area contributed by atoms with Gasteiger partial charge in [-0.3, -0.25) is 4.79 Å². The van der Waals surface area contributed by atoms with Gasteiger partial charge in [0.05, 0.1) is 19.7 Å². The van der Waals surface area contributed by atoms with Gasteiger partial charge in [0.15, 0.2) is 0 Å². The van der Waals surface area contributed by atoms with Crippen molar-refractivity contribution in [2.75, 3.05) is 5.75 Å². The van der Waals surface area contributed by atoms with Crippen LogP contribution in [0.4, 0.5) is 0 Å².